The van der Waals surface area contributed by atoms with E-state index >= 15 is 0 Å². The van der Waals surface area contributed by atoms with Crippen LogP contribution in [-0.4, -0.2) is 26.7 Å². The van der Waals surface area contributed by atoms with Crippen molar-refractivity contribution in [3.8, 4) is 0 Å². The smallest absolute Gasteiger partial charge is 0.0965 e. The van der Waals surface area contributed by atoms with Crippen LogP contribution in [0.15, 0.2) is 23.7 Å². The summed E-state index contributed by atoms with van der Waals surface area (Å²) in [6.07, 6.45) is 1.85. The Morgan fingerprint density at radius 2 is 2.47 bits per heavy atom. The predicted molar refractivity (Wildman–Crippen MR) is 66.7 cm³/mol. The fourth-order valence-corrected chi connectivity index (χ4v) is 2.29. The van der Waals surface area contributed by atoms with E-state index in [2.05, 4.69) is 40.1 Å². The SMILES string of the molecule is CC(NCc1cn(CCO)nn1)c1cccs1. The maximum atomic E-state index is 8.77. The number of aliphatic hydroxyl groups is 1. The van der Waals surface area contributed by atoms with Crippen molar-refractivity contribution >= 4 is 11.3 Å². The number of aliphatic hydroxyl groups excluding tert-OH is 1. The van der Waals surface area contributed by atoms with Gasteiger partial charge in [-0.3, -0.25) is 0 Å². The van der Waals surface area contributed by atoms with Crippen molar-refractivity contribution in [2.45, 2.75) is 26.1 Å². The molecular formula is C11H16N4OS. The Balaban J connectivity index is 1.84. The van der Waals surface area contributed by atoms with E-state index in [1.807, 2.05) is 6.20 Å². The molecule has 17 heavy (non-hydrogen) atoms. The highest BCUT2D eigenvalue weighted by Gasteiger charge is 2.07. The molecule has 0 aliphatic rings. The summed E-state index contributed by atoms with van der Waals surface area (Å²) < 4.78 is 1.65. The van der Waals surface area contributed by atoms with Gasteiger partial charge >= 0.3 is 0 Å². The number of aromatic nitrogens is 3. The standard InChI is InChI=1S/C11H16N4OS/c1-9(11-3-2-6-17-11)12-7-10-8-15(4-5-16)14-13-10/h2-3,6,8-9,12,16H,4-5,7H2,1H3. The van der Waals surface area contributed by atoms with Crippen LogP contribution in [0.5, 0.6) is 0 Å². The molecule has 6 heteroatoms. The zero-order valence-electron chi connectivity index (χ0n) is 9.71. The van der Waals surface area contributed by atoms with Crippen molar-refractivity contribution < 1.29 is 5.11 Å². The van der Waals surface area contributed by atoms with Crippen molar-refractivity contribution in [2.75, 3.05) is 6.61 Å². The molecule has 1 atom stereocenters. The van der Waals surface area contributed by atoms with E-state index < -0.39 is 0 Å². The first-order valence-electron chi connectivity index (χ1n) is 5.56. The highest BCUT2D eigenvalue weighted by atomic mass is 32.1. The van der Waals surface area contributed by atoms with Gasteiger partial charge in [-0.1, -0.05) is 11.3 Å². The molecule has 0 aliphatic heterocycles. The zero-order valence-corrected chi connectivity index (χ0v) is 10.5. The fourth-order valence-electron chi connectivity index (χ4n) is 1.53. The molecule has 0 saturated carbocycles. The van der Waals surface area contributed by atoms with Crippen LogP contribution in [0.4, 0.5) is 0 Å². The Kier molecular flexibility index (Phi) is 4.24. The Morgan fingerprint density at radius 3 is 3.18 bits per heavy atom. The largest absolute Gasteiger partial charge is 0.394 e. The summed E-state index contributed by atoms with van der Waals surface area (Å²) in [6, 6.07) is 4.48. The summed E-state index contributed by atoms with van der Waals surface area (Å²) >= 11 is 1.74. The van der Waals surface area contributed by atoms with Gasteiger partial charge in [0.15, 0.2) is 0 Å². The summed E-state index contributed by atoms with van der Waals surface area (Å²) in [6.45, 7) is 3.39. The minimum Gasteiger partial charge on any atom is -0.394 e. The van der Waals surface area contributed by atoms with Crippen LogP contribution in [0.2, 0.25) is 0 Å². The van der Waals surface area contributed by atoms with Crippen LogP contribution in [0.25, 0.3) is 0 Å². The fraction of sp³-hybridized carbons (Fsp3) is 0.455. The van der Waals surface area contributed by atoms with E-state index in [0.717, 1.165) is 5.69 Å². The van der Waals surface area contributed by atoms with Gasteiger partial charge in [-0.15, -0.1) is 16.4 Å². The van der Waals surface area contributed by atoms with E-state index in [4.69, 9.17) is 5.11 Å². The molecule has 0 spiro atoms. The van der Waals surface area contributed by atoms with Gasteiger partial charge in [-0.25, -0.2) is 4.68 Å². The molecule has 5 nitrogen and oxygen atoms in total. The lowest BCUT2D eigenvalue weighted by molar-refractivity contribution is 0.268. The summed E-state index contributed by atoms with van der Waals surface area (Å²) in [4.78, 5) is 1.31. The Bertz CT molecular complexity index is 440. The van der Waals surface area contributed by atoms with Gasteiger partial charge in [0.1, 0.15) is 0 Å². The normalized spacial score (nSPS) is 12.8. The van der Waals surface area contributed by atoms with E-state index in [9.17, 15) is 0 Å². The minimum absolute atomic E-state index is 0.0851. The highest BCUT2D eigenvalue weighted by Crippen LogP contribution is 2.18. The Labute approximate surface area is 104 Å². The molecule has 1 unspecified atom stereocenters. The van der Waals surface area contributed by atoms with E-state index in [1.54, 1.807) is 16.0 Å². The van der Waals surface area contributed by atoms with Crippen LogP contribution in [0, 0.1) is 0 Å². The molecule has 0 saturated heterocycles. The molecule has 2 N–H and O–H groups in total. The Hall–Kier alpha value is -1.24. The second-order valence-electron chi connectivity index (χ2n) is 3.81. The van der Waals surface area contributed by atoms with Crippen LogP contribution in [0.3, 0.4) is 0 Å². The summed E-state index contributed by atoms with van der Waals surface area (Å²) in [5, 5.41) is 22.2. The maximum absolute atomic E-state index is 8.77. The number of hydrogen-bond acceptors (Lipinski definition) is 5. The number of hydrogen-bond donors (Lipinski definition) is 2. The van der Waals surface area contributed by atoms with Crippen molar-refractivity contribution in [2.24, 2.45) is 0 Å². The topological polar surface area (TPSA) is 63.0 Å². The average Bonchev–Trinajstić information content (AvgIpc) is 2.97. The minimum atomic E-state index is 0.0851. The maximum Gasteiger partial charge on any atom is 0.0965 e. The van der Waals surface area contributed by atoms with Crippen LogP contribution < -0.4 is 5.32 Å². The molecule has 0 amide bonds. The second kappa shape index (κ2) is 5.90. The number of thiophene rings is 1. The van der Waals surface area contributed by atoms with Gasteiger partial charge in [0.2, 0.25) is 0 Å². The highest BCUT2D eigenvalue weighted by molar-refractivity contribution is 7.10. The lowest BCUT2D eigenvalue weighted by Crippen LogP contribution is -2.17. The molecule has 0 bridgehead atoms. The molecular weight excluding hydrogens is 236 g/mol. The molecule has 2 aromatic heterocycles. The lowest BCUT2D eigenvalue weighted by atomic mass is 10.2. The number of rotatable bonds is 6. The third-order valence-electron chi connectivity index (χ3n) is 2.47. The van der Waals surface area contributed by atoms with Crippen molar-refractivity contribution in [1.82, 2.24) is 20.3 Å². The number of nitrogens with one attached hydrogen (secondary N) is 1. The van der Waals surface area contributed by atoms with Crippen molar-refractivity contribution in [3.63, 3.8) is 0 Å². The second-order valence-corrected chi connectivity index (χ2v) is 4.79. The van der Waals surface area contributed by atoms with E-state index in [-0.39, 0.29) is 6.61 Å². The molecule has 2 heterocycles. The first kappa shape index (κ1) is 12.2. The zero-order chi connectivity index (χ0) is 12.1. The lowest BCUT2D eigenvalue weighted by Gasteiger charge is -2.09. The van der Waals surface area contributed by atoms with Crippen LogP contribution in [0.1, 0.15) is 23.5 Å². The van der Waals surface area contributed by atoms with Gasteiger partial charge in [-0.05, 0) is 18.4 Å². The quantitative estimate of drug-likeness (QED) is 0.810. The molecule has 2 rings (SSSR count). The van der Waals surface area contributed by atoms with E-state index in [0.29, 0.717) is 19.1 Å². The molecule has 92 valence electrons. The van der Waals surface area contributed by atoms with Gasteiger partial charge in [0.05, 0.1) is 18.8 Å². The van der Waals surface area contributed by atoms with Crippen molar-refractivity contribution in [1.29, 1.82) is 0 Å². The van der Waals surface area contributed by atoms with E-state index in [1.165, 1.54) is 4.88 Å². The van der Waals surface area contributed by atoms with Gasteiger partial charge in [0, 0.05) is 23.7 Å². The molecule has 0 fully saturated rings. The summed E-state index contributed by atoms with van der Waals surface area (Å²) in [5.74, 6) is 0. The third-order valence-corrected chi connectivity index (χ3v) is 3.53. The summed E-state index contributed by atoms with van der Waals surface area (Å²) in [5.41, 5.74) is 0.891. The van der Waals surface area contributed by atoms with Crippen LogP contribution >= 0.6 is 11.3 Å². The van der Waals surface area contributed by atoms with Gasteiger partial charge < -0.3 is 10.4 Å². The monoisotopic (exact) mass is 252 g/mol. The average molecular weight is 252 g/mol. The first-order chi connectivity index (χ1) is 8.29. The molecule has 0 radical (unpaired) electrons. The molecule has 0 aliphatic carbocycles. The van der Waals surface area contributed by atoms with Gasteiger partial charge in [0.25, 0.3) is 0 Å². The third kappa shape index (κ3) is 3.36. The van der Waals surface area contributed by atoms with Gasteiger partial charge in [-0.2, -0.15) is 0 Å². The molecule has 2 aromatic rings. The molecule has 0 aromatic carbocycles. The van der Waals surface area contributed by atoms with Crippen molar-refractivity contribution in [3.05, 3.63) is 34.3 Å². The number of nitrogens with zero attached hydrogens (tertiary/aromatic N) is 3. The van der Waals surface area contributed by atoms with Crippen LogP contribution in [-0.2, 0) is 13.1 Å². The summed E-state index contributed by atoms with van der Waals surface area (Å²) in [7, 11) is 0. The predicted octanol–water partition coefficient (Wildman–Crippen LogP) is 1.18. The Morgan fingerprint density at radius 1 is 1.59 bits per heavy atom. The first-order valence-corrected chi connectivity index (χ1v) is 6.44.